The van der Waals surface area contributed by atoms with E-state index in [0.29, 0.717) is 11.8 Å². The van der Waals surface area contributed by atoms with Crippen molar-refractivity contribution >= 4 is 11.6 Å². The van der Waals surface area contributed by atoms with Crippen LogP contribution in [0, 0.1) is 5.92 Å². The van der Waals surface area contributed by atoms with E-state index in [-0.39, 0.29) is 0 Å². The second-order valence-corrected chi connectivity index (χ2v) is 4.34. The Balaban J connectivity index is 2.80. The third kappa shape index (κ3) is 3.81. The molecule has 0 saturated heterocycles. The van der Waals surface area contributed by atoms with E-state index in [2.05, 4.69) is 13.8 Å². The van der Waals surface area contributed by atoms with Gasteiger partial charge in [-0.25, -0.2) is 0 Å². The number of para-hydroxylation sites is 1. The summed E-state index contributed by atoms with van der Waals surface area (Å²) in [4.78, 5) is 0. The monoisotopic (exact) mass is 256 g/mol. The summed E-state index contributed by atoms with van der Waals surface area (Å²) in [6.45, 7) is 5.09. The number of halogens is 1. The Hall–Kier alpha value is -0.890. The Morgan fingerprint density at radius 3 is 2.47 bits per heavy atom. The van der Waals surface area contributed by atoms with Gasteiger partial charge in [0.15, 0.2) is 11.5 Å². The van der Waals surface area contributed by atoms with Gasteiger partial charge in [0.2, 0.25) is 0 Å². The van der Waals surface area contributed by atoms with Gasteiger partial charge in [0.05, 0.1) is 19.6 Å². The van der Waals surface area contributed by atoms with E-state index < -0.39 is 0 Å². The summed E-state index contributed by atoms with van der Waals surface area (Å²) < 4.78 is 11.2. The van der Waals surface area contributed by atoms with Crippen molar-refractivity contribution < 1.29 is 9.47 Å². The van der Waals surface area contributed by atoms with E-state index in [1.165, 1.54) is 0 Å². The van der Waals surface area contributed by atoms with Crippen molar-refractivity contribution in [2.24, 2.45) is 5.92 Å². The highest BCUT2D eigenvalue weighted by Gasteiger charge is 2.12. The molecule has 2 nitrogen and oxygen atoms in total. The minimum absolute atomic E-state index is 0.440. The Labute approximate surface area is 109 Å². The Kier molecular flexibility index (Phi) is 6.20. The standard InChI is InChI=1S/C14H21ClO2/c1-4-11(5-2)10-17-14-12(9-15)7-6-8-13(14)16-3/h6-8,11H,4-5,9-10H2,1-3H3. The number of alkyl halides is 1. The van der Waals surface area contributed by atoms with Crippen molar-refractivity contribution in [2.45, 2.75) is 32.6 Å². The van der Waals surface area contributed by atoms with Crippen LogP contribution in [0.2, 0.25) is 0 Å². The highest BCUT2D eigenvalue weighted by molar-refractivity contribution is 6.17. The maximum absolute atomic E-state index is 5.91. The molecular weight excluding hydrogens is 236 g/mol. The average molecular weight is 257 g/mol. The van der Waals surface area contributed by atoms with E-state index in [0.717, 1.165) is 36.5 Å². The van der Waals surface area contributed by atoms with Gasteiger partial charge in [-0.05, 0) is 12.0 Å². The lowest BCUT2D eigenvalue weighted by Crippen LogP contribution is -2.11. The second kappa shape index (κ2) is 7.44. The summed E-state index contributed by atoms with van der Waals surface area (Å²) in [6.07, 6.45) is 2.25. The van der Waals surface area contributed by atoms with Crippen LogP contribution in [0.25, 0.3) is 0 Å². The third-order valence-electron chi connectivity index (χ3n) is 3.04. The first kappa shape index (κ1) is 14.2. The summed E-state index contributed by atoms with van der Waals surface area (Å²) >= 11 is 5.91. The van der Waals surface area contributed by atoms with Gasteiger partial charge in [0, 0.05) is 5.56 Å². The van der Waals surface area contributed by atoms with Crippen LogP contribution in [-0.2, 0) is 5.88 Å². The number of benzene rings is 1. The van der Waals surface area contributed by atoms with Crippen LogP contribution in [-0.4, -0.2) is 13.7 Å². The SMILES string of the molecule is CCC(CC)COc1c(CCl)cccc1OC. The molecule has 0 aromatic heterocycles. The Bertz CT molecular complexity index is 313. The number of methoxy groups -OCH3 is 1. The van der Waals surface area contributed by atoms with Crippen molar-refractivity contribution in [3.8, 4) is 11.5 Å². The van der Waals surface area contributed by atoms with E-state index in [1.807, 2.05) is 18.2 Å². The lowest BCUT2D eigenvalue weighted by Gasteiger charge is -2.17. The van der Waals surface area contributed by atoms with Crippen LogP contribution in [0.1, 0.15) is 32.3 Å². The zero-order valence-electron chi connectivity index (χ0n) is 10.8. The maximum atomic E-state index is 5.91. The smallest absolute Gasteiger partial charge is 0.165 e. The zero-order chi connectivity index (χ0) is 12.7. The molecular formula is C14H21ClO2. The summed E-state index contributed by atoms with van der Waals surface area (Å²) in [6, 6.07) is 5.80. The summed E-state index contributed by atoms with van der Waals surface area (Å²) in [5.74, 6) is 2.57. The molecule has 0 aliphatic carbocycles. The Morgan fingerprint density at radius 1 is 1.24 bits per heavy atom. The minimum atomic E-state index is 0.440. The van der Waals surface area contributed by atoms with Crippen molar-refractivity contribution in [3.63, 3.8) is 0 Å². The van der Waals surface area contributed by atoms with Gasteiger partial charge in [-0.1, -0.05) is 38.8 Å². The highest BCUT2D eigenvalue weighted by Crippen LogP contribution is 2.32. The van der Waals surface area contributed by atoms with E-state index in [9.17, 15) is 0 Å². The zero-order valence-corrected chi connectivity index (χ0v) is 11.6. The largest absolute Gasteiger partial charge is 0.493 e. The molecule has 1 aromatic carbocycles. The predicted octanol–water partition coefficient (Wildman–Crippen LogP) is 4.25. The molecule has 0 spiro atoms. The summed E-state index contributed by atoms with van der Waals surface area (Å²) in [7, 11) is 1.65. The molecule has 17 heavy (non-hydrogen) atoms. The second-order valence-electron chi connectivity index (χ2n) is 4.08. The first-order valence-corrected chi connectivity index (χ1v) is 6.64. The van der Waals surface area contributed by atoms with Crippen molar-refractivity contribution in [1.29, 1.82) is 0 Å². The van der Waals surface area contributed by atoms with Gasteiger partial charge in [0.1, 0.15) is 0 Å². The fourth-order valence-corrected chi connectivity index (χ4v) is 1.93. The van der Waals surface area contributed by atoms with E-state index in [4.69, 9.17) is 21.1 Å². The maximum Gasteiger partial charge on any atom is 0.165 e. The van der Waals surface area contributed by atoms with E-state index >= 15 is 0 Å². The molecule has 0 amide bonds. The van der Waals surface area contributed by atoms with Gasteiger partial charge in [-0.3, -0.25) is 0 Å². The fourth-order valence-electron chi connectivity index (χ4n) is 1.72. The molecule has 3 heteroatoms. The predicted molar refractivity (Wildman–Crippen MR) is 72.1 cm³/mol. The molecule has 0 bridgehead atoms. The number of rotatable bonds is 7. The average Bonchev–Trinajstić information content (AvgIpc) is 2.39. The number of hydrogen-bond donors (Lipinski definition) is 0. The molecule has 1 rings (SSSR count). The quantitative estimate of drug-likeness (QED) is 0.679. The first-order chi connectivity index (χ1) is 8.26. The molecule has 0 aliphatic heterocycles. The molecule has 0 fully saturated rings. The molecule has 96 valence electrons. The number of hydrogen-bond acceptors (Lipinski definition) is 2. The van der Waals surface area contributed by atoms with Crippen molar-refractivity contribution in [2.75, 3.05) is 13.7 Å². The summed E-state index contributed by atoms with van der Waals surface area (Å²) in [5.41, 5.74) is 0.983. The molecule has 0 atom stereocenters. The first-order valence-electron chi connectivity index (χ1n) is 6.11. The molecule has 0 radical (unpaired) electrons. The van der Waals surface area contributed by atoms with Gasteiger partial charge in [-0.2, -0.15) is 0 Å². The highest BCUT2D eigenvalue weighted by atomic mass is 35.5. The minimum Gasteiger partial charge on any atom is -0.493 e. The van der Waals surface area contributed by atoms with Crippen LogP contribution in [0.5, 0.6) is 11.5 Å². The number of ether oxygens (including phenoxy) is 2. The topological polar surface area (TPSA) is 18.5 Å². The van der Waals surface area contributed by atoms with Gasteiger partial charge in [-0.15, -0.1) is 11.6 Å². The van der Waals surface area contributed by atoms with Crippen LogP contribution < -0.4 is 9.47 Å². The molecule has 0 N–H and O–H groups in total. The Morgan fingerprint density at radius 2 is 1.94 bits per heavy atom. The lowest BCUT2D eigenvalue weighted by atomic mass is 10.1. The van der Waals surface area contributed by atoms with Crippen LogP contribution in [0.15, 0.2) is 18.2 Å². The van der Waals surface area contributed by atoms with Gasteiger partial charge >= 0.3 is 0 Å². The third-order valence-corrected chi connectivity index (χ3v) is 3.33. The van der Waals surface area contributed by atoms with Crippen molar-refractivity contribution in [3.05, 3.63) is 23.8 Å². The van der Waals surface area contributed by atoms with E-state index in [1.54, 1.807) is 7.11 Å². The molecule has 1 aromatic rings. The van der Waals surface area contributed by atoms with Crippen LogP contribution in [0.4, 0.5) is 0 Å². The van der Waals surface area contributed by atoms with Crippen LogP contribution in [0.3, 0.4) is 0 Å². The molecule has 0 heterocycles. The fraction of sp³-hybridized carbons (Fsp3) is 0.571. The van der Waals surface area contributed by atoms with Gasteiger partial charge < -0.3 is 9.47 Å². The molecule has 0 saturated carbocycles. The van der Waals surface area contributed by atoms with Crippen LogP contribution >= 0.6 is 11.6 Å². The summed E-state index contributed by atoms with van der Waals surface area (Å²) in [5, 5.41) is 0. The van der Waals surface area contributed by atoms with Crippen molar-refractivity contribution in [1.82, 2.24) is 0 Å². The molecule has 0 aliphatic rings. The normalized spacial score (nSPS) is 10.6. The molecule has 0 unspecified atom stereocenters. The van der Waals surface area contributed by atoms with Gasteiger partial charge in [0.25, 0.3) is 0 Å². The lowest BCUT2D eigenvalue weighted by molar-refractivity contribution is 0.229.